The summed E-state index contributed by atoms with van der Waals surface area (Å²) in [6.45, 7) is 1.76. The number of nitrogens with one attached hydrogen (secondary N) is 4. The SMILES string of the molecule is CN1C(=S)c2cc(C(N)=O)nc3c(NC(=O)c4ccc(Br)cc4)c(Cl)c(N)c1c23.CN1C(=S)c2cc(C(N)=O)nc3c(NC(=O)c4ccc(Br)cc4)c(Cl)c(NC(=O)c4ccc(Br)cc4)c1c23.Cc1c(Cl)c(NC(=O)c2ccc(Br)cc2)c2nc(C(N)=O)cc3c2c1N(C)C3=O. The Labute approximate surface area is 603 Å². The number of aromatic nitrogens is 3. The van der Waals surface area contributed by atoms with E-state index in [0.717, 1.165) is 17.9 Å². The minimum atomic E-state index is -0.783. The van der Waals surface area contributed by atoms with Gasteiger partial charge in [0.05, 0.1) is 82.7 Å². The number of anilines is 8. The summed E-state index contributed by atoms with van der Waals surface area (Å²) in [6, 6.07) is 31.5. The Kier molecular flexibility index (Phi) is 19.1. The molecule has 3 aromatic heterocycles. The minimum Gasteiger partial charge on any atom is -0.396 e. The van der Waals surface area contributed by atoms with Gasteiger partial charge in [-0.15, -0.1) is 0 Å². The van der Waals surface area contributed by atoms with Crippen LogP contribution in [0.15, 0.2) is 133 Å². The number of carbonyl (C=O) groups is 8. The molecule has 3 aliphatic heterocycles. The van der Waals surface area contributed by atoms with Crippen LogP contribution >= 0.6 is 123 Å². The van der Waals surface area contributed by atoms with E-state index in [0.29, 0.717) is 93.2 Å². The zero-order chi connectivity index (χ0) is 69.4. The van der Waals surface area contributed by atoms with Gasteiger partial charge in [-0.1, -0.05) is 123 Å². The molecule has 12 N–H and O–H groups in total. The second kappa shape index (κ2) is 26.8. The van der Waals surface area contributed by atoms with Crippen LogP contribution in [-0.2, 0) is 0 Å². The zero-order valence-electron chi connectivity index (χ0n) is 49.7. The highest BCUT2D eigenvalue weighted by atomic mass is 79.9. The Morgan fingerprint density at radius 1 is 0.427 bits per heavy atom. The standard InChI is InChI=1S/C26H16Br2ClN5O3S.C20H14BrClN4O3.C19H13BrClN5O2S/c1-34-22-17-15(26(34)38)10-16(23(30)35)31-19(17)20(32-24(36)11-2-6-13(27)7-3-11)18(29)21(22)33-25(37)12-4-8-14(28)9-5-12;1-8-14(22)16(25-19(28)9-3-5-10(21)6-4-9)15-13-11(7-12(24-15)18(23)27)20(29)26(2)17(8)13;1-26-16-11-9(19(26)29)6-10(17(23)27)24-14(11)15(12(21)13(16)22)25-18(28)7-2-4-8(20)5-3-7/h2-10H,1H3,(H2,30,35)(H,32,36)(H,33,37);3-7H,1-2H3,(H2,23,27)(H,25,28);2-6H,22H2,1H3,(H2,23,27)(H,25,28). The Morgan fingerprint density at radius 3 is 1.07 bits per heavy atom. The largest absolute Gasteiger partial charge is 0.396 e. The molecule has 482 valence electrons. The van der Waals surface area contributed by atoms with Crippen LogP contribution in [-0.4, -0.2) is 93.3 Å². The first kappa shape index (κ1) is 68.3. The van der Waals surface area contributed by atoms with Gasteiger partial charge in [-0.2, -0.15) is 0 Å². The lowest BCUT2D eigenvalue weighted by Crippen LogP contribution is -2.22. The molecule has 0 unspecified atom stereocenters. The lowest BCUT2D eigenvalue weighted by atomic mass is 10.0. The molecule has 0 saturated carbocycles. The number of pyridine rings is 3. The average Bonchev–Trinajstić information content (AvgIpc) is 1.54. The first-order chi connectivity index (χ1) is 45.5. The van der Waals surface area contributed by atoms with Crippen molar-refractivity contribution in [1.29, 1.82) is 0 Å². The van der Waals surface area contributed by atoms with E-state index >= 15 is 0 Å². The summed E-state index contributed by atoms with van der Waals surface area (Å²) in [5, 5.41) is 13.2. The molecule has 0 spiro atoms. The highest BCUT2D eigenvalue weighted by molar-refractivity contribution is 9.11. The summed E-state index contributed by atoms with van der Waals surface area (Å²) in [4.78, 5) is 119. The van der Waals surface area contributed by atoms with E-state index in [2.05, 4.69) is 99.9 Å². The van der Waals surface area contributed by atoms with Gasteiger partial charge >= 0.3 is 0 Å². The summed E-state index contributed by atoms with van der Waals surface area (Å²) < 4.78 is 3.30. The maximum absolute atomic E-state index is 13.2. The lowest BCUT2D eigenvalue weighted by molar-refractivity contribution is 0.0984. The third-order valence-electron chi connectivity index (χ3n) is 15.5. The minimum absolute atomic E-state index is 0.0103. The van der Waals surface area contributed by atoms with Gasteiger partial charge in [0.1, 0.15) is 27.1 Å². The molecule has 0 saturated heterocycles. The molecule has 0 radical (unpaired) electrons. The number of halogens is 7. The van der Waals surface area contributed by atoms with E-state index in [9.17, 15) is 38.4 Å². The van der Waals surface area contributed by atoms with Crippen molar-refractivity contribution in [3.63, 3.8) is 0 Å². The molecule has 0 atom stereocenters. The van der Waals surface area contributed by atoms with Crippen LogP contribution < -0.4 is 58.9 Å². The zero-order valence-corrected chi connectivity index (χ0v) is 59.9. The predicted molar refractivity (Wildman–Crippen MR) is 396 cm³/mol. The van der Waals surface area contributed by atoms with Gasteiger partial charge in [-0.05, 0) is 128 Å². The van der Waals surface area contributed by atoms with Crippen LogP contribution in [0.25, 0.3) is 32.7 Å². The van der Waals surface area contributed by atoms with Gasteiger partial charge in [0.2, 0.25) is 0 Å². The van der Waals surface area contributed by atoms with Crippen LogP contribution in [0.4, 0.5) is 45.5 Å². The summed E-state index contributed by atoms with van der Waals surface area (Å²) >= 11 is 44.4. The molecule has 10 aromatic rings. The van der Waals surface area contributed by atoms with Crippen molar-refractivity contribution in [2.75, 3.05) is 62.8 Å². The van der Waals surface area contributed by atoms with Crippen LogP contribution in [0.3, 0.4) is 0 Å². The number of thiocarbonyl (C=S) groups is 2. The molecule has 0 fully saturated rings. The predicted octanol–water partition coefficient (Wildman–Crippen LogP) is 13.8. The summed E-state index contributed by atoms with van der Waals surface area (Å²) in [5.41, 5.74) is 29.5. The molecule has 13 rings (SSSR count). The number of benzene rings is 7. The number of hydrogen-bond donors (Lipinski definition) is 8. The Bertz CT molecular complexity index is 5000. The Morgan fingerprint density at radius 2 is 0.719 bits per heavy atom. The molecule has 22 nitrogen and oxygen atoms in total. The Balaban J connectivity index is 0.000000148. The van der Waals surface area contributed by atoms with E-state index in [1.807, 2.05) is 0 Å². The number of hydrogen-bond acceptors (Lipinski definition) is 14. The van der Waals surface area contributed by atoms with Gasteiger partial charge in [-0.3, -0.25) is 38.4 Å². The van der Waals surface area contributed by atoms with E-state index in [4.69, 9.17) is 82.2 Å². The lowest BCUT2D eigenvalue weighted by Gasteiger charge is -2.21. The van der Waals surface area contributed by atoms with Gasteiger partial charge in [0.25, 0.3) is 47.3 Å². The molecule has 0 bridgehead atoms. The second-order valence-electron chi connectivity index (χ2n) is 21.4. The first-order valence-corrected chi connectivity index (χ1v) is 32.9. The summed E-state index contributed by atoms with van der Waals surface area (Å²) in [7, 11) is 5.07. The highest BCUT2D eigenvalue weighted by Gasteiger charge is 2.37. The van der Waals surface area contributed by atoms with Crippen molar-refractivity contribution in [2.24, 2.45) is 17.2 Å². The average molecular weight is 1640 g/mol. The van der Waals surface area contributed by atoms with Gasteiger partial charge < -0.3 is 58.9 Å². The normalized spacial score (nSPS) is 12.4. The van der Waals surface area contributed by atoms with E-state index < -0.39 is 41.4 Å². The third kappa shape index (κ3) is 12.5. The van der Waals surface area contributed by atoms with Crippen LogP contribution in [0.5, 0.6) is 0 Å². The third-order valence-corrected chi connectivity index (χ3v) is 19.9. The molecule has 3 aliphatic rings. The maximum Gasteiger partial charge on any atom is 0.267 e. The summed E-state index contributed by atoms with van der Waals surface area (Å²) in [6.07, 6.45) is 0. The monoisotopic (exact) mass is 1630 g/mol. The number of rotatable bonds is 11. The van der Waals surface area contributed by atoms with Crippen molar-refractivity contribution in [3.8, 4) is 0 Å². The van der Waals surface area contributed by atoms with E-state index in [1.165, 1.54) is 23.1 Å². The van der Waals surface area contributed by atoms with Crippen LogP contribution in [0.1, 0.15) is 99.9 Å². The van der Waals surface area contributed by atoms with Crippen molar-refractivity contribution in [1.82, 2.24) is 15.0 Å². The molecule has 7 aromatic carbocycles. The number of nitrogens with zero attached hydrogens (tertiary/aromatic N) is 6. The van der Waals surface area contributed by atoms with Crippen molar-refractivity contribution in [2.45, 2.75) is 6.92 Å². The maximum atomic E-state index is 13.2. The van der Waals surface area contributed by atoms with Gasteiger partial charge in [0.15, 0.2) is 0 Å². The fraction of sp³-hybridized carbons (Fsp3) is 0.0615. The molecular weight excluding hydrogens is 1590 g/mol. The Hall–Kier alpha value is -9.10. The number of nitrogens with two attached hydrogens (primary N) is 4. The number of nitrogen functional groups attached to an aromatic ring is 1. The van der Waals surface area contributed by atoms with E-state index in [-0.39, 0.29) is 77.5 Å². The van der Waals surface area contributed by atoms with Gasteiger partial charge in [0, 0.05) is 88.6 Å². The molecule has 8 amide bonds. The van der Waals surface area contributed by atoms with Crippen molar-refractivity contribution < 1.29 is 38.4 Å². The number of amides is 8. The quantitative estimate of drug-likeness (QED) is 0.0440. The van der Waals surface area contributed by atoms with Crippen LogP contribution in [0, 0.1) is 6.92 Å². The van der Waals surface area contributed by atoms with Crippen LogP contribution in [0.2, 0.25) is 15.1 Å². The van der Waals surface area contributed by atoms with Crippen molar-refractivity contribution in [3.05, 3.63) is 210 Å². The van der Waals surface area contributed by atoms with Gasteiger partial charge in [-0.25, -0.2) is 15.0 Å². The fourth-order valence-corrected chi connectivity index (χ4v) is 13.1. The number of carbonyl (C=O) groups excluding carboxylic acids is 8. The topological polar surface area (TPSA) is 337 Å². The second-order valence-corrected chi connectivity index (χ2v) is 27.0. The molecule has 96 heavy (non-hydrogen) atoms. The first-order valence-electron chi connectivity index (χ1n) is 27.8. The van der Waals surface area contributed by atoms with Crippen molar-refractivity contribution >= 4 is 258 Å². The van der Waals surface area contributed by atoms with E-state index in [1.54, 1.807) is 135 Å². The summed E-state index contributed by atoms with van der Waals surface area (Å²) in [5.74, 6) is -4.28. The molecular formula is C65H43Br4Cl3N14O8S2. The highest BCUT2D eigenvalue weighted by Crippen LogP contribution is 2.52. The number of primary amides is 3. The fourth-order valence-electron chi connectivity index (χ4n) is 10.9. The molecule has 6 heterocycles. The molecule has 0 aliphatic carbocycles. The smallest absolute Gasteiger partial charge is 0.267 e. The molecule has 31 heteroatoms.